The molecule has 2 aliphatic rings. The second kappa shape index (κ2) is 15.5. The Morgan fingerprint density at radius 2 is 1.76 bits per heavy atom. The molecule has 7 N–H and O–H groups in total. The molecular formula is C34H39NO14. The third kappa shape index (κ3) is 7.54. The van der Waals surface area contributed by atoms with Crippen LogP contribution in [0.25, 0.3) is 0 Å². The normalized spacial score (nSPS) is 21.5. The highest BCUT2D eigenvalue weighted by Gasteiger charge is 2.46. The van der Waals surface area contributed by atoms with Crippen LogP contribution >= 0.6 is 0 Å². The summed E-state index contributed by atoms with van der Waals surface area (Å²) in [5.41, 5.74) is 1.16. The number of aliphatic hydroxyl groups excluding tert-OH is 3. The number of rotatable bonds is 13. The van der Waals surface area contributed by atoms with E-state index in [1.165, 1.54) is 13.2 Å². The van der Waals surface area contributed by atoms with Crippen LogP contribution in [0, 0.1) is 0 Å². The van der Waals surface area contributed by atoms with Crippen molar-refractivity contribution in [1.82, 2.24) is 0 Å². The molecule has 5 atom stereocenters. The summed E-state index contributed by atoms with van der Waals surface area (Å²) in [5, 5.41) is 66.4. The van der Waals surface area contributed by atoms with Gasteiger partial charge in [0.05, 0.1) is 31.6 Å². The van der Waals surface area contributed by atoms with E-state index in [9.17, 15) is 40.2 Å². The zero-order chi connectivity index (χ0) is 35.2. The zero-order valence-corrected chi connectivity index (χ0v) is 26.8. The first-order valence-electron chi connectivity index (χ1n) is 15.7. The Morgan fingerprint density at radius 3 is 2.45 bits per heavy atom. The van der Waals surface area contributed by atoms with Crippen LogP contribution in [0.15, 0.2) is 42.5 Å². The molecule has 3 aromatic rings. The fourth-order valence-electron chi connectivity index (χ4n) is 5.67. The van der Waals surface area contributed by atoms with E-state index in [1.807, 2.05) is 30.3 Å². The van der Waals surface area contributed by atoms with E-state index < -0.39 is 72.1 Å². The van der Waals surface area contributed by atoms with Crippen molar-refractivity contribution in [3.8, 4) is 34.5 Å². The maximum absolute atomic E-state index is 13.2. The van der Waals surface area contributed by atoms with E-state index in [2.05, 4.69) is 5.32 Å². The average molecular weight is 686 g/mol. The summed E-state index contributed by atoms with van der Waals surface area (Å²) in [5.74, 6) is -3.95. The summed E-state index contributed by atoms with van der Waals surface area (Å²) < 4.78 is 33.5. The highest BCUT2D eigenvalue weighted by atomic mass is 16.7. The van der Waals surface area contributed by atoms with Crippen molar-refractivity contribution in [1.29, 1.82) is 0 Å². The van der Waals surface area contributed by atoms with Crippen LogP contribution in [0.4, 0.5) is 5.69 Å². The van der Waals surface area contributed by atoms with Gasteiger partial charge in [-0.05, 0) is 25.3 Å². The van der Waals surface area contributed by atoms with Crippen LogP contribution in [0.5, 0.6) is 34.5 Å². The van der Waals surface area contributed by atoms with Crippen LogP contribution < -0.4 is 24.3 Å². The van der Waals surface area contributed by atoms with Crippen molar-refractivity contribution in [2.75, 3.05) is 38.8 Å². The molecule has 0 saturated carbocycles. The Morgan fingerprint density at radius 1 is 1.00 bits per heavy atom. The van der Waals surface area contributed by atoms with Crippen molar-refractivity contribution >= 4 is 17.6 Å². The van der Waals surface area contributed by atoms with Crippen molar-refractivity contribution in [2.45, 2.75) is 56.9 Å². The minimum absolute atomic E-state index is 0.0214. The minimum atomic E-state index is -1.81. The molecule has 0 aliphatic carbocycles. The lowest BCUT2D eigenvalue weighted by molar-refractivity contribution is -0.277. The number of esters is 1. The summed E-state index contributed by atoms with van der Waals surface area (Å²) in [7, 11) is 1.24. The van der Waals surface area contributed by atoms with Crippen molar-refractivity contribution < 1.29 is 68.6 Å². The summed E-state index contributed by atoms with van der Waals surface area (Å²) in [6.07, 6.45) is -6.99. The number of nitrogens with one attached hydrogen (secondary N) is 1. The van der Waals surface area contributed by atoms with Gasteiger partial charge in [0.1, 0.15) is 36.6 Å². The second-order valence-corrected chi connectivity index (χ2v) is 11.4. The zero-order valence-electron chi connectivity index (χ0n) is 26.8. The van der Waals surface area contributed by atoms with E-state index >= 15 is 0 Å². The Hall–Kier alpha value is -4.96. The van der Waals surface area contributed by atoms with Gasteiger partial charge in [0, 0.05) is 30.7 Å². The van der Waals surface area contributed by atoms with E-state index in [4.69, 9.17) is 28.4 Å². The van der Waals surface area contributed by atoms with Gasteiger partial charge in [-0.1, -0.05) is 30.3 Å². The van der Waals surface area contributed by atoms with Gasteiger partial charge in [0.15, 0.2) is 23.0 Å². The standard InChI is InChI=1S/C34H39NO14/c1-3-35-20-15-22(30-18(10-7-12-45-30)24(20)32(41)42)48-34-29(40)28(39)26(37)23(49-34)16-47-33(43)19-14-21(44-2)27(38)31(25(19)36)46-13-11-17-8-5-4-6-9-17/h4-6,8-9,14-15,23,26,28-29,34-40H,3,7,10-13,16H2,1-2H3,(H,41,42). The molecule has 49 heavy (non-hydrogen) atoms. The van der Waals surface area contributed by atoms with Gasteiger partial charge in [-0.25, -0.2) is 9.59 Å². The molecule has 3 aromatic carbocycles. The number of aliphatic hydroxyl groups is 3. The predicted octanol–water partition coefficient (Wildman–Crippen LogP) is 2.23. The summed E-state index contributed by atoms with van der Waals surface area (Å²) in [6, 6.07) is 11.8. The molecule has 0 radical (unpaired) electrons. The summed E-state index contributed by atoms with van der Waals surface area (Å²) in [4.78, 5) is 25.3. The number of hydrogen-bond acceptors (Lipinski definition) is 14. The first-order chi connectivity index (χ1) is 23.5. The number of ether oxygens (including phenoxy) is 6. The number of carboxylic acids is 1. The van der Waals surface area contributed by atoms with E-state index in [1.54, 1.807) is 6.92 Å². The molecule has 5 unspecified atom stereocenters. The lowest BCUT2D eigenvalue weighted by atomic mass is 9.97. The number of carboxylic acid groups (broad SMARTS) is 1. The van der Waals surface area contributed by atoms with Crippen molar-refractivity contribution in [3.63, 3.8) is 0 Å². The topological polar surface area (TPSA) is 223 Å². The van der Waals surface area contributed by atoms with Gasteiger partial charge in [-0.15, -0.1) is 0 Å². The van der Waals surface area contributed by atoms with Crippen LogP contribution in [0.3, 0.4) is 0 Å². The maximum Gasteiger partial charge on any atom is 0.342 e. The molecule has 0 spiro atoms. The first kappa shape index (κ1) is 35.3. The van der Waals surface area contributed by atoms with E-state index in [-0.39, 0.29) is 41.7 Å². The first-order valence-corrected chi connectivity index (χ1v) is 15.7. The monoisotopic (exact) mass is 685 g/mol. The lowest BCUT2D eigenvalue weighted by Crippen LogP contribution is -2.60. The Kier molecular flexibility index (Phi) is 11.2. The third-order valence-corrected chi connectivity index (χ3v) is 8.15. The molecule has 1 fully saturated rings. The average Bonchev–Trinajstić information content (AvgIpc) is 3.09. The fraction of sp³-hybridized carbons (Fsp3) is 0.412. The molecule has 2 heterocycles. The van der Waals surface area contributed by atoms with Gasteiger partial charge >= 0.3 is 11.9 Å². The number of aromatic hydroxyl groups is 2. The SMILES string of the molecule is CCNc1cc(OC2OC(COC(=O)c3cc(OC)c(O)c(OCCc4ccccc4)c3O)C(O)C(O)C2O)c2c(c1C(=O)O)CCCO2. The van der Waals surface area contributed by atoms with Crippen molar-refractivity contribution in [2.24, 2.45) is 0 Å². The van der Waals surface area contributed by atoms with Gasteiger partial charge in [-0.3, -0.25) is 0 Å². The highest BCUT2D eigenvalue weighted by Crippen LogP contribution is 2.46. The minimum Gasteiger partial charge on any atom is -0.504 e. The fourth-order valence-corrected chi connectivity index (χ4v) is 5.67. The number of phenols is 2. The number of fused-ring (bicyclic) bond motifs is 1. The van der Waals surface area contributed by atoms with Crippen LogP contribution in [0.1, 0.15) is 45.2 Å². The molecule has 15 heteroatoms. The number of methoxy groups -OCH3 is 1. The van der Waals surface area contributed by atoms with Gasteiger partial charge in [0.2, 0.25) is 17.8 Å². The van der Waals surface area contributed by atoms with Crippen molar-refractivity contribution in [3.05, 3.63) is 64.7 Å². The van der Waals surface area contributed by atoms with Gasteiger partial charge < -0.3 is 64.4 Å². The smallest absolute Gasteiger partial charge is 0.342 e. The Balaban J connectivity index is 1.33. The third-order valence-electron chi connectivity index (χ3n) is 8.15. The lowest BCUT2D eigenvalue weighted by Gasteiger charge is -2.40. The molecule has 0 aromatic heterocycles. The number of carbonyl (C=O) groups is 2. The predicted molar refractivity (Wildman–Crippen MR) is 171 cm³/mol. The highest BCUT2D eigenvalue weighted by molar-refractivity contribution is 5.98. The molecular weight excluding hydrogens is 646 g/mol. The van der Waals surface area contributed by atoms with Gasteiger partial charge in [-0.2, -0.15) is 0 Å². The maximum atomic E-state index is 13.2. The van der Waals surface area contributed by atoms with Crippen LogP contribution in [-0.2, 0) is 22.3 Å². The number of anilines is 1. The molecule has 2 aliphatic heterocycles. The van der Waals surface area contributed by atoms with E-state index in [0.29, 0.717) is 31.4 Å². The molecule has 5 rings (SSSR count). The largest absolute Gasteiger partial charge is 0.504 e. The molecule has 264 valence electrons. The van der Waals surface area contributed by atoms with Gasteiger partial charge in [0.25, 0.3) is 0 Å². The number of phenolic OH excluding ortho intramolecular Hbond substituents is 2. The Bertz CT molecular complexity index is 1650. The number of hydrogen-bond donors (Lipinski definition) is 7. The number of aromatic carboxylic acids is 1. The molecule has 0 amide bonds. The summed E-state index contributed by atoms with van der Waals surface area (Å²) in [6.45, 7) is 1.83. The quantitative estimate of drug-likeness (QED) is 0.128. The van der Waals surface area contributed by atoms with E-state index in [0.717, 1.165) is 11.6 Å². The molecule has 15 nitrogen and oxygen atoms in total. The Labute approximate surface area is 281 Å². The molecule has 1 saturated heterocycles. The number of benzene rings is 3. The van der Waals surface area contributed by atoms with Crippen LogP contribution in [-0.4, -0.2) is 107 Å². The number of carbonyl (C=O) groups excluding carboxylic acids is 1. The van der Waals surface area contributed by atoms with Crippen LogP contribution in [0.2, 0.25) is 0 Å². The molecule has 0 bridgehead atoms. The summed E-state index contributed by atoms with van der Waals surface area (Å²) >= 11 is 0. The second-order valence-electron chi connectivity index (χ2n) is 11.4.